The summed E-state index contributed by atoms with van der Waals surface area (Å²) in [6, 6.07) is 0. The topological polar surface area (TPSA) is 12.9 Å². The van der Waals surface area contributed by atoms with Gasteiger partial charge in [0, 0.05) is 16.5 Å². The van der Waals surface area contributed by atoms with E-state index in [-0.39, 0.29) is 0 Å². The molecule has 1 aromatic heterocycles. The van der Waals surface area contributed by atoms with Gasteiger partial charge in [-0.2, -0.15) is 0 Å². The fourth-order valence-electron chi connectivity index (χ4n) is 3.39. The van der Waals surface area contributed by atoms with Crippen LogP contribution in [0.1, 0.15) is 82.5 Å². The van der Waals surface area contributed by atoms with Crippen LogP contribution in [-0.4, -0.2) is 10.2 Å². The number of thioether (sulfide) groups is 1. The number of hydrogen-bond donors (Lipinski definition) is 0. The molecule has 0 saturated heterocycles. The number of nitrogens with zero attached hydrogens (tertiary/aromatic N) is 1. The molecule has 126 valence electrons. The molecule has 0 amide bonds. The molecule has 0 radical (unpaired) electrons. The molecular formula is C21H31NS. The van der Waals surface area contributed by atoms with Gasteiger partial charge in [0.15, 0.2) is 0 Å². The Hall–Kier alpha value is -1.02. The van der Waals surface area contributed by atoms with Crippen molar-refractivity contribution in [3.8, 4) is 0 Å². The minimum Gasteiger partial charge on any atom is -0.257 e. The van der Waals surface area contributed by atoms with Crippen molar-refractivity contribution < 1.29 is 0 Å². The Morgan fingerprint density at radius 2 is 1.57 bits per heavy atom. The summed E-state index contributed by atoms with van der Waals surface area (Å²) in [5, 5.41) is 0.497. The van der Waals surface area contributed by atoms with E-state index in [4.69, 9.17) is 4.98 Å². The number of aromatic nitrogens is 1. The fraction of sp³-hybridized carbons (Fsp3) is 0.571. The number of fused-ring (bicyclic) bond motifs is 1. The lowest BCUT2D eigenvalue weighted by atomic mass is 9.82. The van der Waals surface area contributed by atoms with Crippen molar-refractivity contribution in [3.63, 3.8) is 0 Å². The van der Waals surface area contributed by atoms with E-state index < -0.39 is 0 Å². The normalized spacial score (nSPS) is 24.3. The van der Waals surface area contributed by atoms with Gasteiger partial charge in [-0.05, 0) is 73.6 Å². The van der Waals surface area contributed by atoms with Crippen molar-refractivity contribution >= 4 is 22.9 Å². The molecule has 0 aliphatic carbocycles. The smallest absolute Gasteiger partial charge is 0.0513 e. The Kier molecular flexibility index (Phi) is 5.45. The summed E-state index contributed by atoms with van der Waals surface area (Å²) in [7, 11) is 0. The maximum absolute atomic E-state index is 5.00. The van der Waals surface area contributed by atoms with Gasteiger partial charge < -0.3 is 0 Å². The van der Waals surface area contributed by atoms with Gasteiger partial charge in [0.05, 0.1) is 5.69 Å². The van der Waals surface area contributed by atoms with E-state index >= 15 is 0 Å². The minimum absolute atomic E-state index is 0.431. The number of aryl methyl sites for hydroxylation is 1. The first-order chi connectivity index (χ1) is 10.6. The first-order valence-electron chi connectivity index (χ1n) is 8.72. The Labute approximate surface area is 146 Å². The second-order valence-electron chi connectivity index (χ2n) is 7.39. The lowest BCUT2D eigenvalue weighted by Gasteiger charge is -2.28. The zero-order chi connectivity index (χ0) is 17.5. The molecule has 0 spiro atoms. The molecule has 0 bridgehead atoms. The molecule has 1 aromatic rings. The van der Waals surface area contributed by atoms with Gasteiger partial charge in [-0.3, -0.25) is 4.98 Å². The molecule has 1 atom stereocenters. The quantitative estimate of drug-likeness (QED) is 0.595. The molecule has 2 heterocycles. The van der Waals surface area contributed by atoms with Crippen LogP contribution in [0.3, 0.4) is 0 Å². The van der Waals surface area contributed by atoms with Crippen molar-refractivity contribution in [2.24, 2.45) is 5.92 Å². The monoisotopic (exact) mass is 329 g/mol. The largest absolute Gasteiger partial charge is 0.257 e. The summed E-state index contributed by atoms with van der Waals surface area (Å²) in [5.41, 5.74) is 9.48. The molecule has 0 N–H and O–H groups in total. The van der Waals surface area contributed by atoms with Crippen LogP contribution in [0.5, 0.6) is 0 Å². The summed E-state index contributed by atoms with van der Waals surface area (Å²) >= 11 is 1.98. The highest BCUT2D eigenvalue weighted by molar-refractivity contribution is 8.03. The lowest BCUT2D eigenvalue weighted by molar-refractivity contribution is 0.788. The Morgan fingerprint density at radius 3 is 2.09 bits per heavy atom. The highest BCUT2D eigenvalue weighted by atomic mass is 32.2. The van der Waals surface area contributed by atoms with Crippen LogP contribution >= 0.6 is 11.8 Å². The Morgan fingerprint density at radius 1 is 0.957 bits per heavy atom. The lowest BCUT2D eigenvalue weighted by Crippen LogP contribution is -2.13. The summed E-state index contributed by atoms with van der Waals surface area (Å²) in [6.07, 6.45) is 2.46. The van der Waals surface area contributed by atoms with Crippen molar-refractivity contribution in [2.75, 3.05) is 0 Å². The molecule has 1 aliphatic heterocycles. The molecule has 1 nitrogen and oxygen atoms in total. The Balaban J connectivity index is 2.98. The Bertz CT molecular complexity index is 678. The SMILES string of the molecule is C/C1=C(\C)c2c(C)c(C)nc(C(C)C)c2/C(C(C)C)=C\[C@@H](C)S1. The molecule has 0 fully saturated rings. The summed E-state index contributed by atoms with van der Waals surface area (Å²) in [5.74, 6) is 0.935. The van der Waals surface area contributed by atoms with Crippen LogP contribution in [-0.2, 0) is 0 Å². The number of rotatable bonds is 2. The predicted octanol–water partition coefficient (Wildman–Crippen LogP) is 6.75. The number of pyridine rings is 1. The van der Waals surface area contributed by atoms with E-state index in [9.17, 15) is 0 Å². The van der Waals surface area contributed by atoms with Crippen LogP contribution in [0.25, 0.3) is 11.1 Å². The van der Waals surface area contributed by atoms with Gasteiger partial charge in [0.2, 0.25) is 0 Å². The van der Waals surface area contributed by atoms with Crippen molar-refractivity contribution in [1.29, 1.82) is 0 Å². The average Bonchev–Trinajstić information content (AvgIpc) is 2.44. The third-order valence-electron chi connectivity index (χ3n) is 4.85. The maximum Gasteiger partial charge on any atom is 0.0513 e. The summed E-state index contributed by atoms with van der Waals surface area (Å²) < 4.78 is 0. The highest BCUT2D eigenvalue weighted by Gasteiger charge is 2.25. The molecule has 2 rings (SSSR count). The van der Waals surface area contributed by atoms with E-state index in [2.05, 4.69) is 68.4 Å². The molecule has 0 saturated carbocycles. The minimum atomic E-state index is 0.431. The summed E-state index contributed by atoms with van der Waals surface area (Å²) in [4.78, 5) is 6.44. The zero-order valence-corrected chi connectivity index (χ0v) is 17.0. The molecular weight excluding hydrogens is 298 g/mol. The van der Waals surface area contributed by atoms with Crippen LogP contribution in [0.4, 0.5) is 0 Å². The third kappa shape index (κ3) is 3.42. The fourth-order valence-corrected chi connectivity index (χ4v) is 4.44. The van der Waals surface area contributed by atoms with Crippen molar-refractivity contribution in [1.82, 2.24) is 4.98 Å². The van der Waals surface area contributed by atoms with Crippen LogP contribution < -0.4 is 0 Å². The second-order valence-corrected chi connectivity index (χ2v) is 8.98. The highest BCUT2D eigenvalue weighted by Crippen LogP contribution is 2.43. The van der Waals surface area contributed by atoms with E-state index in [1.807, 2.05) is 11.8 Å². The van der Waals surface area contributed by atoms with Gasteiger partial charge in [0.25, 0.3) is 0 Å². The number of allylic oxidation sites excluding steroid dienone is 3. The van der Waals surface area contributed by atoms with Gasteiger partial charge >= 0.3 is 0 Å². The molecule has 0 aromatic carbocycles. The maximum atomic E-state index is 5.00. The van der Waals surface area contributed by atoms with Crippen molar-refractivity contribution in [3.05, 3.63) is 39.1 Å². The first-order valence-corrected chi connectivity index (χ1v) is 9.60. The van der Waals surface area contributed by atoms with E-state index in [0.717, 1.165) is 0 Å². The summed E-state index contributed by atoms with van der Waals surface area (Å²) in [6.45, 7) is 20.4. The second kappa shape index (κ2) is 6.84. The molecule has 1 aliphatic rings. The van der Waals surface area contributed by atoms with E-state index in [1.165, 1.54) is 44.1 Å². The third-order valence-corrected chi connectivity index (χ3v) is 6.02. The predicted molar refractivity (Wildman–Crippen MR) is 106 cm³/mol. The molecule has 0 unspecified atom stereocenters. The van der Waals surface area contributed by atoms with Gasteiger partial charge in [-0.25, -0.2) is 0 Å². The van der Waals surface area contributed by atoms with E-state index in [1.54, 1.807) is 0 Å². The van der Waals surface area contributed by atoms with Crippen molar-refractivity contribution in [2.45, 2.75) is 73.5 Å². The van der Waals surface area contributed by atoms with Crippen LogP contribution in [0.2, 0.25) is 0 Å². The van der Waals surface area contributed by atoms with Gasteiger partial charge in [-0.15, -0.1) is 11.8 Å². The molecule has 23 heavy (non-hydrogen) atoms. The van der Waals surface area contributed by atoms with Gasteiger partial charge in [-0.1, -0.05) is 33.8 Å². The molecule has 2 heteroatoms. The van der Waals surface area contributed by atoms with Gasteiger partial charge in [0.1, 0.15) is 0 Å². The average molecular weight is 330 g/mol. The number of hydrogen-bond acceptors (Lipinski definition) is 2. The van der Waals surface area contributed by atoms with Crippen LogP contribution in [0.15, 0.2) is 11.0 Å². The first kappa shape index (κ1) is 18.3. The van der Waals surface area contributed by atoms with E-state index in [0.29, 0.717) is 17.1 Å². The zero-order valence-electron chi connectivity index (χ0n) is 16.2. The standard InChI is InChI=1S/C21H31NS/c1-11(2)18-10-13(5)23-17(9)15(7)19-14(6)16(8)22-21(12(3)4)20(18)19/h10-13H,1-9H3/b17-15-,18-10-/t13-/m1/s1. The van der Waals surface area contributed by atoms with Crippen LogP contribution in [0, 0.1) is 19.8 Å².